The van der Waals surface area contributed by atoms with E-state index in [2.05, 4.69) is 26.8 Å². The number of hydrogen-bond acceptors (Lipinski definition) is 10. The molecule has 296 valence electrons. The summed E-state index contributed by atoms with van der Waals surface area (Å²) in [5, 5.41) is 87.8. The van der Waals surface area contributed by atoms with Crippen molar-refractivity contribution in [2.45, 2.75) is 161 Å². The molecule has 0 bridgehead atoms. The molecule has 0 spiro atoms. The monoisotopic (exact) mass is 734 g/mol. The van der Waals surface area contributed by atoms with Gasteiger partial charge >= 0.3 is 5.97 Å². The Bertz CT molecular complexity index is 1380. The van der Waals surface area contributed by atoms with Crippen LogP contribution in [0.4, 0.5) is 0 Å². The van der Waals surface area contributed by atoms with Crippen LogP contribution in [0.1, 0.15) is 118 Å². The van der Waals surface area contributed by atoms with Gasteiger partial charge in [-0.15, -0.1) is 0 Å². The standard InChI is InChI=1S/C41H66O11/c1-36(22-43)14-16-40(35(49)50)17-15-37(2)24(25(40)18-36)10-11-28-38(37,3)13-12-29-39(4,30(46)20-42)33(52-34-32(48)31(47)27(45)21-51-34)26(44)19-41(28,29)23-8-6-5-7-9-23/h10,23,25-34,42-48H,5-9,11-22H2,1-4H3,(H,49,50)/t25-,26+,27+,28-,29+,30+,31-,32+,33+,34-,36-,37+,38+,39+,40-,41-/m0/s1. The number of aliphatic hydroxyl groups excluding tert-OH is 7. The van der Waals surface area contributed by atoms with Gasteiger partial charge in [-0.1, -0.05) is 58.6 Å². The fourth-order valence-electron chi connectivity index (χ4n) is 14.3. The third-order valence-corrected chi connectivity index (χ3v) is 17.6. The van der Waals surface area contributed by atoms with E-state index in [0.29, 0.717) is 38.5 Å². The number of fused-ring (bicyclic) bond motifs is 7. The van der Waals surface area contributed by atoms with E-state index >= 15 is 0 Å². The lowest BCUT2D eigenvalue weighted by atomic mass is 9.30. The fraction of sp³-hybridized carbons (Fsp3) is 0.927. The Morgan fingerprint density at radius 2 is 1.58 bits per heavy atom. The van der Waals surface area contributed by atoms with Crippen LogP contribution in [-0.2, 0) is 14.3 Å². The van der Waals surface area contributed by atoms with Gasteiger partial charge in [0.25, 0.3) is 0 Å². The summed E-state index contributed by atoms with van der Waals surface area (Å²) in [4.78, 5) is 13.2. The first-order valence-corrected chi connectivity index (χ1v) is 20.3. The van der Waals surface area contributed by atoms with E-state index in [1.807, 2.05) is 6.92 Å². The van der Waals surface area contributed by atoms with Gasteiger partial charge in [0, 0.05) is 12.0 Å². The van der Waals surface area contributed by atoms with Gasteiger partial charge in [0.15, 0.2) is 6.29 Å². The van der Waals surface area contributed by atoms with E-state index in [1.165, 1.54) is 5.57 Å². The molecule has 8 N–H and O–H groups in total. The van der Waals surface area contributed by atoms with Crippen LogP contribution in [0, 0.1) is 56.2 Å². The van der Waals surface area contributed by atoms with Gasteiger partial charge in [0.2, 0.25) is 0 Å². The Kier molecular flexibility index (Phi) is 10.2. The van der Waals surface area contributed by atoms with Crippen molar-refractivity contribution >= 4 is 5.97 Å². The maximum atomic E-state index is 13.2. The summed E-state index contributed by atoms with van der Waals surface area (Å²) in [7, 11) is 0. The van der Waals surface area contributed by atoms with Crippen molar-refractivity contribution in [2.75, 3.05) is 19.8 Å². The number of carboxylic acid groups (broad SMARTS) is 1. The van der Waals surface area contributed by atoms with Crippen molar-refractivity contribution < 1.29 is 55.1 Å². The number of ether oxygens (including phenoxy) is 2. The molecule has 6 aliphatic carbocycles. The van der Waals surface area contributed by atoms with Crippen LogP contribution in [0.2, 0.25) is 0 Å². The van der Waals surface area contributed by atoms with Crippen molar-refractivity contribution in [1.29, 1.82) is 0 Å². The van der Waals surface area contributed by atoms with Crippen LogP contribution in [0.25, 0.3) is 0 Å². The number of aliphatic hydroxyl groups is 7. The number of hydrogen-bond donors (Lipinski definition) is 8. The van der Waals surface area contributed by atoms with Crippen LogP contribution < -0.4 is 0 Å². The predicted molar refractivity (Wildman–Crippen MR) is 190 cm³/mol. The quantitative estimate of drug-likeness (QED) is 0.141. The molecule has 11 heteroatoms. The van der Waals surface area contributed by atoms with Gasteiger partial charge in [-0.25, -0.2) is 0 Å². The molecule has 16 atom stereocenters. The highest BCUT2D eigenvalue weighted by Crippen LogP contribution is 2.78. The topological polar surface area (TPSA) is 197 Å². The van der Waals surface area contributed by atoms with Gasteiger partial charge in [-0.05, 0) is 116 Å². The highest BCUT2D eigenvalue weighted by Gasteiger charge is 2.74. The lowest BCUT2D eigenvalue weighted by molar-refractivity contribution is -0.342. The molecule has 6 fully saturated rings. The molecular weight excluding hydrogens is 668 g/mol. The maximum absolute atomic E-state index is 13.2. The van der Waals surface area contributed by atoms with Crippen LogP contribution >= 0.6 is 0 Å². The van der Waals surface area contributed by atoms with Crippen molar-refractivity contribution in [3.8, 4) is 0 Å². The molecule has 0 radical (unpaired) electrons. The second-order valence-electron chi connectivity index (χ2n) is 19.6. The smallest absolute Gasteiger partial charge is 0.310 e. The first-order valence-electron chi connectivity index (χ1n) is 20.3. The van der Waals surface area contributed by atoms with Gasteiger partial charge in [-0.3, -0.25) is 4.79 Å². The second kappa shape index (κ2) is 13.5. The Balaban J connectivity index is 1.34. The molecule has 1 heterocycles. The second-order valence-corrected chi connectivity index (χ2v) is 19.6. The molecule has 11 nitrogen and oxygen atoms in total. The number of carbonyl (C=O) groups is 1. The number of aliphatic carboxylic acids is 1. The highest BCUT2D eigenvalue weighted by molar-refractivity contribution is 5.76. The largest absolute Gasteiger partial charge is 0.481 e. The molecule has 1 aliphatic heterocycles. The summed E-state index contributed by atoms with van der Waals surface area (Å²) in [5.74, 6) is -0.685. The fourth-order valence-corrected chi connectivity index (χ4v) is 14.3. The van der Waals surface area contributed by atoms with E-state index < -0.39 is 71.7 Å². The van der Waals surface area contributed by atoms with E-state index in [0.717, 1.165) is 51.4 Å². The molecule has 1 saturated heterocycles. The minimum atomic E-state index is -1.57. The average Bonchev–Trinajstić information content (AvgIpc) is 3.13. The van der Waals surface area contributed by atoms with Crippen molar-refractivity contribution in [3.05, 3.63) is 11.6 Å². The minimum absolute atomic E-state index is 0.0327. The summed E-state index contributed by atoms with van der Waals surface area (Å²) in [5.41, 5.74) is -2.07. The van der Waals surface area contributed by atoms with Crippen molar-refractivity contribution in [1.82, 2.24) is 0 Å². The molecule has 7 rings (SSSR count). The summed E-state index contributed by atoms with van der Waals surface area (Å²) < 4.78 is 12.1. The van der Waals surface area contributed by atoms with E-state index in [9.17, 15) is 45.6 Å². The minimum Gasteiger partial charge on any atom is -0.481 e. The van der Waals surface area contributed by atoms with Crippen LogP contribution in [0.5, 0.6) is 0 Å². The van der Waals surface area contributed by atoms with Crippen LogP contribution in [0.15, 0.2) is 11.6 Å². The van der Waals surface area contributed by atoms with Crippen LogP contribution in [0.3, 0.4) is 0 Å². The predicted octanol–water partition coefficient (Wildman–Crippen LogP) is 3.53. The SMILES string of the molecule is C[C@]1(CO)CC[C@]2(C(=O)O)CC[C@]3(C)C(=CC[C@@H]4[C@@]5(C6CCCCC6)C[C@@H](O)[C@@H](O[C@@H]6OC[C@@H](O)[C@H](O)[C@H]6O)[C@@](C)([C@H](O)CO)[C@H]5CC[C@]43C)[C@@H]2C1. The third kappa shape index (κ3) is 5.33. The zero-order valence-corrected chi connectivity index (χ0v) is 31.8. The van der Waals surface area contributed by atoms with Gasteiger partial charge in [-0.2, -0.15) is 0 Å². The molecule has 0 amide bonds. The summed E-state index contributed by atoms with van der Waals surface area (Å²) in [6.07, 6.45) is 4.58. The van der Waals surface area contributed by atoms with Crippen molar-refractivity contribution in [3.63, 3.8) is 0 Å². The molecule has 0 aromatic rings. The van der Waals surface area contributed by atoms with Crippen LogP contribution in [-0.4, -0.2) is 110 Å². The van der Waals surface area contributed by atoms with Gasteiger partial charge in [0.1, 0.15) is 18.3 Å². The Hall–Kier alpha value is -1.15. The molecular formula is C41H66O11. The highest BCUT2D eigenvalue weighted by atomic mass is 16.7. The molecule has 5 saturated carbocycles. The molecule has 52 heavy (non-hydrogen) atoms. The van der Waals surface area contributed by atoms with E-state index in [4.69, 9.17) is 9.47 Å². The number of rotatable bonds is 7. The Morgan fingerprint density at radius 3 is 2.23 bits per heavy atom. The zero-order chi connectivity index (χ0) is 37.6. The average molecular weight is 735 g/mol. The summed E-state index contributed by atoms with van der Waals surface area (Å²) in [6.45, 7) is 8.03. The van der Waals surface area contributed by atoms with E-state index in [-0.39, 0.29) is 53.1 Å². The molecule has 0 aromatic heterocycles. The summed E-state index contributed by atoms with van der Waals surface area (Å²) >= 11 is 0. The zero-order valence-electron chi connectivity index (χ0n) is 31.8. The lowest BCUT2D eigenvalue weighted by Gasteiger charge is -2.74. The summed E-state index contributed by atoms with van der Waals surface area (Å²) in [6, 6.07) is 0. The molecule has 0 aromatic carbocycles. The first kappa shape index (κ1) is 39.1. The van der Waals surface area contributed by atoms with Gasteiger partial charge < -0.3 is 50.3 Å². The molecule has 7 aliphatic rings. The lowest BCUT2D eigenvalue weighted by Crippen LogP contribution is -2.73. The normalized spacial score (nSPS) is 53.1. The Labute approximate surface area is 308 Å². The number of allylic oxidation sites excluding steroid dienone is 2. The Morgan fingerprint density at radius 1 is 0.885 bits per heavy atom. The molecule has 0 unspecified atom stereocenters. The van der Waals surface area contributed by atoms with E-state index in [1.54, 1.807) is 0 Å². The maximum Gasteiger partial charge on any atom is 0.310 e. The van der Waals surface area contributed by atoms with Crippen molar-refractivity contribution in [2.24, 2.45) is 56.2 Å². The first-order chi connectivity index (χ1) is 24.5. The number of carboxylic acids is 1. The van der Waals surface area contributed by atoms with Gasteiger partial charge in [0.05, 0.1) is 36.9 Å². The third-order valence-electron chi connectivity index (χ3n) is 17.6.